The monoisotopic (exact) mass is 252 g/mol. The first-order valence-electron chi connectivity index (χ1n) is 4.23. The van der Waals surface area contributed by atoms with Gasteiger partial charge >= 0.3 is 59.5 Å². The maximum Gasteiger partial charge on any atom is -1.00 e. The molecule has 0 unspecified atom stereocenters. The summed E-state index contributed by atoms with van der Waals surface area (Å²) >= 11 is 0. The van der Waals surface area contributed by atoms with E-state index in [1.165, 1.54) is 38.3 Å². The molecule has 0 rings (SSSR count). The van der Waals surface area contributed by atoms with E-state index in [1.807, 2.05) is 0 Å². The summed E-state index contributed by atoms with van der Waals surface area (Å²) in [5.41, 5.74) is 0. The van der Waals surface area contributed by atoms with Crippen molar-refractivity contribution in [1.82, 2.24) is 0 Å². The Balaban J connectivity index is 0. The van der Waals surface area contributed by atoms with Gasteiger partial charge in [-0.25, -0.2) is 0 Å². The standard InChI is InChI=1S/C8H18B.HI/c1-3-5-7-9-8-6-4-2;/h3-8H2,1-2H3;1H/q+1;/p-1. The number of halogens is 1. The van der Waals surface area contributed by atoms with Crippen LogP contribution in [0.1, 0.15) is 39.5 Å². The van der Waals surface area contributed by atoms with Gasteiger partial charge in [0.05, 0.1) is 0 Å². The van der Waals surface area contributed by atoms with Gasteiger partial charge in [-0.15, -0.1) is 0 Å². The first-order valence-corrected chi connectivity index (χ1v) is 4.23. The molecule has 0 N–H and O–H groups in total. The second kappa shape index (κ2) is 12.5. The van der Waals surface area contributed by atoms with E-state index in [9.17, 15) is 0 Å². The Morgan fingerprint density at radius 1 is 0.900 bits per heavy atom. The number of unbranched alkanes of at least 4 members (excludes halogenated alkanes) is 2. The predicted octanol–water partition coefficient (Wildman–Crippen LogP) is 0.131. The summed E-state index contributed by atoms with van der Waals surface area (Å²) in [5, 5.41) is 0. The van der Waals surface area contributed by atoms with Crippen LogP contribution in [0.3, 0.4) is 0 Å². The van der Waals surface area contributed by atoms with Gasteiger partial charge in [-0.2, -0.15) is 0 Å². The summed E-state index contributed by atoms with van der Waals surface area (Å²) in [4.78, 5) is 0. The average Bonchev–Trinajstić information content (AvgIpc) is 1.89. The zero-order chi connectivity index (χ0) is 6.95. The molecule has 0 aliphatic carbocycles. The van der Waals surface area contributed by atoms with Crippen molar-refractivity contribution in [3.63, 3.8) is 0 Å². The van der Waals surface area contributed by atoms with Gasteiger partial charge in [0.1, 0.15) is 0 Å². The molecule has 0 aromatic rings. The molecule has 0 amide bonds. The van der Waals surface area contributed by atoms with Crippen LogP contribution < -0.4 is 24.0 Å². The Kier molecular flexibility index (Phi) is 16.7. The second-order valence-corrected chi connectivity index (χ2v) is 2.57. The first kappa shape index (κ1) is 13.4. The molecule has 0 saturated carbocycles. The van der Waals surface area contributed by atoms with Gasteiger partial charge in [0.15, 0.2) is 0 Å². The predicted molar refractivity (Wildman–Crippen MR) is 45.2 cm³/mol. The topological polar surface area (TPSA) is 0 Å². The summed E-state index contributed by atoms with van der Waals surface area (Å²) in [5.74, 6) is 0. The van der Waals surface area contributed by atoms with E-state index >= 15 is 0 Å². The van der Waals surface area contributed by atoms with Gasteiger partial charge < -0.3 is 24.0 Å². The van der Waals surface area contributed by atoms with Crippen LogP contribution in [-0.2, 0) is 0 Å². The van der Waals surface area contributed by atoms with E-state index < -0.39 is 0 Å². The first-order chi connectivity index (χ1) is 4.41. The molecule has 0 aliphatic heterocycles. The van der Waals surface area contributed by atoms with Crippen LogP contribution in [0.4, 0.5) is 0 Å². The number of rotatable bonds is 6. The molecule has 0 aromatic heterocycles. The summed E-state index contributed by atoms with van der Waals surface area (Å²) in [6.45, 7) is 4.49. The van der Waals surface area contributed by atoms with Crippen molar-refractivity contribution in [3.8, 4) is 0 Å². The third kappa shape index (κ3) is 11.6. The van der Waals surface area contributed by atoms with E-state index in [1.54, 1.807) is 0 Å². The molecule has 0 bridgehead atoms. The maximum absolute atomic E-state index is 2.42. The van der Waals surface area contributed by atoms with E-state index in [2.05, 4.69) is 21.1 Å². The molecule has 0 aliphatic rings. The molecule has 10 heavy (non-hydrogen) atoms. The molecule has 0 nitrogen and oxygen atoms in total. The number of hydrogen-bond acceptors (Lipinski definition) is 0. The van der Waals surface area contributed by atoms with Crippen LogP contribution in [0, 0.1) is 0 Å². The zero-order valence-electron chi connectivity index (χ0n) is 7.20. The molecule has 0 aromatic carbocycles. The molecular weight excluding hydrogens is 234 g/mol. The fourth-order valence-electron chi connectivity index (χ4n) is 0.841. The second-order valence-electron chi connectivity index (χ2n) is 2.57. The summed E-state index contributed by atoms with van der Waals surface area (Å²) in [6, 6.07) is 0. The third-order valence-corrected chi connectivity index (χ3v) is 1.52. The molecule has 0 saturated heterocycles. The van der Waals surface area contributed by atoms with Crippen molar-refractivity contribution in [1.29, 1.82) is 0 Å². The Labute approximate surface area is 83.4 Å². The van der Waals surface area contributed by atoms with E-state index in [4.69, 9.17) is 0 Å². The van der Waals surface area contributed by atoms with E-state index in [-0.39, 0.29) is 24.0 Å². The minimum Gasteiger partial charge on any atom is -1.00 e. The SMILES string of the molecule is CCCC[B+]CCCC.[I-]. The zero-order valence-corrected chi connectivity index (χ0v) is 9.36. The fraction of sp³-hybridized carbons (Fsp3) is 1.00. The quantitative estimate of drug-likeness (QED) is 0.358. The minimum absolute atomic E-state index is 0. The average molecular weight is 252 g/mol. The summed E-state index contributed by atoms with van der Waals surface area (Å²) < 4.78 is 0. The maximum atomic E-state index is 2.42. The number of hydrogen-bond donors (Lipinski definition) is 0. The largest absolute Gasteiger partial charge is 1.00 e. The van der Waals surface area contributed by atoms with Gasteiger partial charge in [0.2, 0.25) is 0 Å². The molecular formula is C8H18BI. The molecule has 0 heterocycles. The van der Waals surface area contributed by atoms with Crippen molar-refractivity contribution in [3.05, 3.63) is 0 Å². The Hall–Kier alpha value is 0.795. The van der Waals surface area contributed by atoms with Crippen molar-refractivity contribution in [2.45, 2.75) is 52.2 Å². The Morgan fingerprint density at radius 2 is 1.30 bits per heavy atom. The Bertz CT molecular complexity index is 42.5. The van der Waals surface area contributed by atoms with Crippen molar-refractivity contribution in [2.24, 2.45) is 0 Å². The summed E-state index contributed by atoms with van der Waals surface area (Å²) in [6.07, 6.45) is 8.09. The van der Waals surface area contributed by atoms with Gasteiger partial charge in [-0.05, 0) is 0 Å². The molecule has 0 radical (unpaired) electrons. The Morgan fingerprint density at radius 3 is 1.60 bits per heavy atom. The molecule has 2 heteroatoms. The van der Waals surface area contributed by atoms with Crippen molar-refractivity contribution in [2.75, 3.05) is 0 Å². The van der Waals surface area contributed by atoms with Crippen LogP contribution in [-0.4, -0.2) is 7.28 Å². The minimum atomic E-state index is 0. The molecule has 0 atom stereocenters. The van der Waals surface area contributed by atoms with Gasteiger partial charge in [0, 0.05) is 0 Å². The van der Waals surface area contributed by atoms with Gasteiger partial charge in [-0.1, -0.05) is 0 Å². The molecule has 0 spiro atoms. The molecule has 0 fully saturated rings. The smallest absolute Gasteiger partial charge is 1.00 e. The van der Waals surface area contributed by atoms with Crippen LogP contribution in [0.15, 0.2) is 0 Å². The van der Waals surface area contributed by atoms with Crippen molar-refractivity contribution < 1.29 is 24.0 Å². The molecule has 60 valence electrons. The van der Waals surface area contributed by atoms with E-state index in [0.717, 1.165) is 0 Å². The van der Waals surface area contributed by atoms with Crippen LogP contribution >= 0.6 is 0 Å². The van der Waals surface area contributed by atoms with Crippen LogP contribution in [0.5, 0.6) is 0 Å². The summed E-state index contributed by atoms with van der Waals surface area (Å²) in [7, 11) is 2.42. The third-order valence-electron chi connectivity index (χ3n) is 1.52. The van der Waals surface area contributed by atoms with Crippen molar-refractivity contribution >= 4 is 7.28 Å². The normalized spacial score (nSPS) is 8.20. The fourth-order valence-corrected chi connectivity index (χ4v) is 0.841. The van der Waals surface area contributed by atoms with Gasteiger partial charge in [0.25, 0.3) is 0 Å². The van der Waals surface area contributed by atoms with E-state index in [0.29, 0.717) is 0 Å². The van der Waals surface area contributed by atoms with Gasteiger partial charge in [-0.3, -0.25) is 0 Å². The van der Waals surface area contributed by atoms with Crippen LogP contribution in [0.25, 0.3) is 0 Å². The van der Waals surface area contributed by atoms with Crippen LogP contribution in [0.2, 0.25) is 12.6 Å².